The Hall–Kier alpha value is -1.03. The summed E-state index contributed by atoms with van der Waals surface area (Å²) in [4.78, 5) is 9.78. The lowest BCUT2D eigenvalue weighted by atomic mass is 9.75. The zero-order valence-electron chi connectivity index (χ0n) is 9.80. The number of hydrogen-bond donors (Lipinski definition) is 2. The molecule has 1 aromatic heterocycles. The molecule has 0 radical (unpaired) electrons. The summed E-state index contributed by atoms with van der Waals surface area (Å²) in [5.41, 5.74) is 1.45. The molecular formula is C11H20N4. The van der Waals surface area contributed by atoms with Gasteiger partial charge in [0.2, 0.25) is 0 Å². The van der Waals surface area contributed by atoms with E-state index in [9.17, 15) is 0 Å². The van der Waals surface area contributed by atoms with Gasteiger partial charge in [0.15, 0.2) is 5.95 Å². The van der Waals surface area contributed by atoms with Crippen molar-refractivity contribution in [2.45, 2.75) is 31.7 Å². The van der Waals surface area contributed by atoms with Crippen molar-refractivity contribution in [1.29, 1.82) is 0 Å². The fraction of sp³-hybridized carbons (Fsp3) is 0.727. The van der Waals surface area contributed by atoms with E-state index in [-0.39, 0.29) is 0 Å². The van der Waals surface area contributed by atoms with Crippen molar-refractivity contribution in [3.05, 3.63) is 11.9 Å². The molecule has 0 spiro atoms. The highest BCUT2D eigenvalue weighted by molar-refractivity contribution is 5.27. The van der Waals surface area contributed by atoms with Crippen LogP contribution in [0, 0.1) is 6.92 Å². The highest BCUT2D eigenvalue weighted by Crippen LogP contribution is 2.35. The smallest absolute Gasteiger partial charge is 0.200 e. The molecule has 1 saturated carbocycles. The summed E-state index contributed by atoms with van der Waals surface area (Å²) in [7, 11) is 4.32. The van der Waals surface area contributed by atoms with Crippen LogP contribution < -0.4 is 5.32 Å². The van der Waals surface area contributed by atoms with E-state index in [1.807, 2.05) is 13.1 Å². The van der Waals surface area contributed by atoms with E-state index in [0.717, 1.165) is 18.2 Å². The summed E-state index contributed by atoms with van der Waals surface area (Å²) in [6.07, 6.45) is 5.77. The lowest BCUT2D eigenvalue weighted by molar-refractivity contribution is 0.0737. The molecule has 1 aliphatic carbocycles. The highest BCUT2D eigenvalue weighted by Gasteiger charge is 2.38. The van der Waals surface area contributed by atoms with Crippen LogP contribution in [0.4, 0.5) is 5.95 Å². The molecule has 1 fully saturated rings. The molecule has 1 aromatic rings. The fourth-order valence-corrected chi connectivity index (χ4v) is 2.12. The molecule has 4 heteroatoms. The van der Waals surface area contributed by atoms with Gasteiger partial charge >= 0.3 is 0 Å². The van der Waals surface area contributed by atoms with E-state index in [2.05, 4.69) is 34.3 Å². The maximum absolute atomic E-state index is 4.25. The quantitative estimate of drug-likeness (QED) is 0.790. The highest BCUT2D eigenvalue weighted by atomic mass is 15.2. The molecule has 0 saturated heterocycles. The monoisotopic (exact) mass is 208 g/mol. The van der Waals surface area contributed by atoms with Crippen molar-refractivity contribution in [3.8, 4) is 0 Å². The predicted molar refractivity (Wildman–Crippen MR) is 62.1 cm³/mol. The molecule has 1 heterocycles. The van der Waals surface area contributed by atoms with Gasteiger partial charge in [-0.3, -0.25) is 0 Å². The number of aromatic amines is 1. The van der Waals surface area contributed by atoms with Crippen molar-refractivity contribution < 1.29 is 0 Å². The van der Waals surface area contributed by atoms with Gasteiger partial charge in [-0.1, -0.05) is 0 Å². The molecule has 0 atom stereocenters. The van der Waals surface area contributed by atoms with Crippen LogP contribution in [0.5, 0.6) is 0 Å². The van der Waals surface area contributed by atoms with Gasteiger partial charge in [0.25, 0.3) is 0 Å². The third-order valence-electron chi connectivity index (χ3n) is 3.52. The van der Waals surface area contributed by atoms with E-state index in [4.69, 9.17) is 0 Å². The molecule has 0 bridgehead atoms. The maximum Gasteiger partial charge on any atom is 0.200 e. The lowest BCUT2D eigenvalue weighted by Crippen LogP contribution is -2.54. The van der Waals surface area contributed by atoms with Crippen LogP contribution in [0.3, 0.4) is 0 Å². The summed E-state index contributed by atoms with van der Waals surface area (Å²) in [5.74, 6) is 0.889. The van der Waals surface area contributed by atoms with Gasteiger partial charge < -0.3 is 15.2 Å². The van der Waals surface area contributed by atoms with Crippen molar-refractivity contribution >= 4 is 5.95 Å². The number of H-pyrrole nitrogens is 1. The van der Waals surface area contributed by atoms with Crippen molar-refractivity contribution in [2.75, 3.05) is 26.0 Å². The molecule has 15 heavy (non-hydrogen) atoms. The van der Waals surface area contributed by atoms with Crippen LogP contribution in [0.25, 0.3) is 0 Å². The zero-order chi connectivity index (χ0) is 10.9. The molecular weight excluding hydrogens is 188 g/mol. The van der Waals surface area contributed by atoms with Crippen LogP contribution in [-0.2, 0) is 0 Å². The van der Waals surface area contributed by atoms with Crippen LogP contribution >= 0.6 is 0 Å². The number of aryl methyl sites for hydroxylation is 1. The number of hydrogen-bond acceptors (Lipinski definition) is 3. The van der Waals surface area contributed by atoms with Crippen molar-refractivity contribution in [1.82, 2.24) is 14.9 Å². The average molecular weight is 208 g/mol. The summed E-state index contributed by atoms with van der Waals surface area (Å²) in [5, 5.41) is 3.38. The predicted octanol–water partition coefficient (Wildman–Crippen LogP) is 1.61. The Morgan fingerprint density at radius 2 is 2.27 bits per heavy atom. The van der Waals surface area contributed by atoms with Gasteiger partial charge in [0.1, 0.15) is 0 Å². The first kappa shape index (κ1) is 10.5. The van der Waals surface area contributed by atoms with Gasteiger partial charge in [-0.15, -0.1) is 0 Å². The normalized spacial score (nSPS) is 18.9. The molecule has 1 aliphatic rings. The molecule has 0 aromatic carbocycles. The Kier molecular flexibility index (Phi) is 2.69. The van der Waals surface area contributed by atoms with Gasteiger partial charge in [-0.2, -0.15) is 0 Å². The van der Waals surface area contributed by atoms with E-state index < -0.39 is 0 Å². The fourth-order valence-electron chi connectivity index (χ4n) is 2.12. The average Bonchev–Trinajstić information content (AvgIpc) is 2.49. The third-order valence-corrected chi connectivity index (χ3v) is 3.52. The Balaban J connectivity index is 1.92. The standard InChI is InChI=1S/C11H20N4/c1-9-7-12-10(14-9)13-8-11(15(2)3)5-4-6-11/h7H,4-6,8H2,1-3H3,(H2,12,13,14). The van der Waals surface area contributed by atoms with Crippen molar-refractivity contribution in [3.63, 3.8) is 0 Å². The number of nitrogens with one attached hydrogen (secondary N) is 2. The lowest BCUT2D eigenvalue weighted by Gasteiger charge is -2.47. The Morgan fingerprint density at radius 1 is 1.53 bits per heavy atom. The van der Waals surface area contributed by atoms with Crippen LogP contribution in [0.15, 0.2) is 6.20 Å². The summed E-state index contributed by atoms with van der Waals surface area (Å²) in [6.45, 7) is 3.00. The number of aromatic nitrogens is 2. The number of rotatable bonds is 4. The molecule has 0 amide bonds. The SMILES string of the molecule is Cc1cnc(NCC2(N(C)C)CCC2)[nH]1. The second-order valence-electron chi connectivity index (χ2n) is 4.74. The number of anilines is 1. The Bertz CT molecular complexity index is 325. The minimum Gasteiger partial charge on any atom is -0.354 e. The Morgan fingerprint density at radius 3 is 2.67 bits per heavy atom. The molecule has 2 N–H and O–H groups in total. The first-order valence-corrected chi connectivity index (χ1v) is 5.55. The van der Waals surface area contributed by atoms with Gasteiger partial charge in [-0.05, 0) is 40.3 Å². The number of imidazole rings is 1. The first-order chi connectivity index (χ1) is 7.12. The summed E-state index contributed by atoms with van der Waals surface area (Å²) < 4.78 is 0. The molecule has 84 valence electrons. The van der Waals surface area contributed by atoms with E-state index >= 15 is 0 Å². The zero-order valence-corrected chi connectivity index (χ0v) is 9.80. The van der Waals surface area contributed by atoms with Gasteiger partial charge in [0.05, 0.1) is 0 Å². The first-order valence-electron chi connectivity index (χ1n) is 5.55. The second kappa shape index (κ2) is 3.85. The van der Waals surface area contributed by atoms with Crippen LogP contribution in [0.1, 0.15) is 25.0 Å². The summed E-state index contributed by atoms with van der Waals surface area (Å²) in [6, 6.07) is 0. The number of nitrogens with zero attached hydrogens (tertiary/aromatic N) is 2. The third kappa shape index (κ3) is 2.00. The summed E-state index contributed by atoms with van der Waals surface area (Å²) >= 11 is 0. The molecule has 0 aliphatic heterocycles. The molecule has 4 nitrogen and oxygen atoms in total. The largest absolute Gasteiger partial charge is 0.354 e. The van der Waals surface area contributed by atoms with Gasteiger partial charge in [-0.25, -0.2) is 4.98 Å². The Labute approximate surface area is 91.1 Å². The van der Waals surface area contributed by atoms with Crippen LogP contribution in [-0.4, -0.2) is 41.0 Å². The van der Waals surface area contributed by atoms with E-state index in [1.54, 1.807) is 0 Å². The molecule has 0 unspecified atom stereocenters. The topological polar surface area (TPSA) is 44.0 Å². The molecule has 2 rings (SSSR count). The minimum absolute atomic E-state index is 0.348. The minimum atomic E-state index is 0.348. The number of likely N-dealkylation sites (N-methyl/N-ethyl adjacent to an activating group) is 1. The van der Waals surface area contributed by atoms with E-state index in [0.29, 0.717) is 5.54 Å². The van der Waals surface area contributed by atoms with Crippen LogP contribution in [0.2, 0.25) is 0 Å². The maximum atomic E-state index is 4.25. The van der Waals surface area contributed by atoms with Gasteiger partial charge in [0, 0.05) is 24.0 Å². The van der Waals surface area contributed by atoms with E-state index in [1.165, 1.54) is 19.3 Å². The van der Waals surface area contributed by atoms with Crippen molar-refractivity contribution in [2.24, 2.45) is 0 Å². The second-order valence-corrected chi connectivity index (χ2v) is 4.74.